The van der Waals surface area contributed by atoms with Crippen LogP contribution in [0.5, 0.6) is 0 Å². The van der Waals surface area contributed by atoms with E-state index in [1.807, 2.05) is 6.92 Å². The largest absolute Gasteiger partial charge is 0.462 e. The van der Waals surface area contributed by atoms with E-state index in [9.17, 15) is 9.59 Å². The molecule has 6 nitrogen and oxygen atoms in total. The van der Waals surface area contributed by atoms with Gasteiger partial charge in [0.2, 0.25) is 5.91 Å². The monoisotopic (exact) mass is 271 g/mol. The second-order valence-corrected chi connectivity index (χ2v) is 4.27. The van der Waals surface area contributed by atoms with Crippen molar-refractivity contribution in [1.29, 1.82) is 0 Å². The highest BCUT2D eigenvalue weighted by Crippen LogP contribution is 2.24. The second kappa shape index (κ2) is 6.95. The van der Waals surface area contributed by atoms with E-state index in [-0.39, 0.29) is 12.5 Å². The molecule has 1 heterocycles. The molecule has 1 amide bonds. The van der Waals surface area contributed by atoms with Crippen LogP contribution >= 0.6 is 11.5 Å². The maximum absolute atomic E-state index is 11.7. The van der Waals surface area contributed by atoms with E-state index in [4.69, 9.17) is 4.74 Å². The number of rotatable bonds is 6. The van der Waals surface area contributed by atoms with Gasteiger partial charge in [-0.05, 0) is 32.3 Å². The Kier molecular flexibility index (Phi) is 5.57. The minimum atomic E-state index is -0.415. The third-order valence-electron chi connectivity index (χ3n) is 2.13. The lowest BCUT2D eigenvalue weighted by Gasteiger charge is -2.06. The van der Waals surface area contributed by atoms with E-state index in [0.29, 0.717) is 29.4 Å². The van der Waals surface area contributed by atoms with Crippen LogP contribution in [0, 0.1) is 6.92 Å². The van der Waals surface area contributed by atoms with E-state index in [1.54, 1.807) is 13.8 Å². The number of amides is 1. The highest BCUT2D eigenvalue weighted by molar-refractivity contribution is 7.10. The zero-order chi connectivity index (χ0) is 13.5. The van der Waals surface area contributed by atoms with Crippen molar-refractivity contribution in [2.45, 2.75) is 20.8 Å². The molecule has 0 radical (unpaired) electrons. The first kappa shape index (κ1) is 14.4. The molecule has 100 valence electrons. The molecule has 2 N–H and O–H groups in total. The van der Waals surface area contributed by atoms with Gasteiger partial charge >= 0.3 is 5.97 Å². The van der Waals surface area contributed by atoms with Gasteiger partial charge < -0.3 is 15.4 Å². The van der Waals surface area contributed by atoms with Crippen molar-refractivity contribution in [3.63, 3.8) is 0 Å². The predicted molar refractivity (Wildman–Crippen MR) is 70.0 cm³/mol. The fourth-order valence-electron chi connectivity index (χ4n) is 1.35. The van der Waals surface area contributed by atoms with Crippen LogP contribution in [0.2, 0.25) is 0 Å². The zero-order valence-corrected chi connectivity index (χ0v) is 11.5. The zero-order valence-electron chi connectivity index (χ0n) is 10.7. The van der Waals surface area contributed by atoms with Crippen molar-refractivity contribution in [1.82, 2.24) is 9.69 Å². The van der Waals surface area contributed by atoms with Crippen LogP contribution in [0.3, 0.4) is 0 Å². The van der Waals surface area contributed by atoms with Crippen molar-refractivity contribution in [2.24, 2.45) is 0 Å². The molecule has 0 atom stereocenters. The number of esters is 1. The van der Waals surface area contributed by atoms with E-state index in [2.05, 4.69) is 15.0 Å². The number of carbonyl (C=O) groups is 2. The molecule has 0 saturated carbocycles. The van der Waals surface area contributed by atoms with Crippen molar-refractivity contribution in [2.75, 3.05) is 25.0 Å². The van der Waals surface area contributed by atoms with Crippen LogP contribution in [-0.2, 0) is 9.53 Å². The molecule has 0 aromatic carbocycles. The maximum Gasteiger partial charge on any atom is 0.343 e. The molecule has 7 heteroatoms. The van der Waals surface area contributed by atoms with E-state index in [1.165, 1.54) is 0 Å². The molecule has 0 aliphatic rings. The number of hydrogen-bond acceptors (Lipinski definition) is 6. The van der Waals surface area contributed by atoms with Crippen molar-refractivity contribution in [3.8, 4) is 0 Å². The number of carbonyl (C=O) groups excluding carboxylic acids is 2. The van der Waals surface area contributed by atoms with Gasteiger partial charge in [-0.15, -0.1) is 0 Å². The van der Waals surface area contributed by atoms with Crippen LogP contribution in [0.25, 0.3) is 0 Å². The molecule has 1 rings (SSSR count). The van der Waals surface area contributed by atoms with Gasteiger partial charge in [-0.3, -0.25) is 4.79 Å². The molecular weight excluding hydrogens is 254 g/mol. The van der Waals surface area contributed by atoms with Crippen LogP contribution in [0.1, 0.15) is 29.9 Å². The standard InChI is InChI=1S/C11H17N3O3S/c1-4-12-8(15)6-13-10-9(7(3)14-18-10)11(16)17-5-2/h13H,4-6H2,1-3H3,(H,12,15). The number of aromatic nitrogens is 1. The fourth-order valence-corrected chi connectivity index (χ4v) is 2.13. The van der Waals surface area contributed by atoms with Crippen molar-refractivity contribution < 1.29 is 14.3 Å². The van der Waals surface area contributed by atoms with Crippen LogP contribution in [0.15, 0.2) is 0 Å². The van der Waals surface area contributed by atoms with E-state index < -0.39 is 5.97 Å². The summed E-state index contributed by atoms with van der Waals surface area (Å²) in [4.78, 5) is 23.0. The first-order chi connectivity index (χ1) is 8.60. The number of anilines is 1. The molecule has 0 aliphatic carbocycles. The Bertz CT molecular complexity index is 431. The highest BCUT2D eigenvalue weighted by Gasteiger charge is 2.19. The SMILES string of the molecule is CCNC(=O)CNc1snc(C)c1C(=O)OCC. The molecule has 0 bridgehead atoms. The second-order valence-electron chi connectivity index (χ2n) is 3.50. The normalized spacial score (nSPS) is 9.94. The van der Waals surface area contributed by atoms with Crippen molar-refractivity contribution in [3.05, 3.63) is 11.3 Å². The van der Waals surface area contributed by atoms with Crippen molar-refractivity contribution >= 4 is 28.4 Å². The topological polar surface area (TPSA) is 80.3 Å². The van der Waals surface area contributed by atoms with Gasteiger partial charge in [0.1, 0.15) is 10.6 Å². The smallest absolute Gasteiger partial charge is 0.343 e. The van der Waals surface area contributed by atoms with Gasteiger partial charge in [-0.25, -0.2) is 4.79 Å². The first-order valence-corrected chi connectivity index (χ1v) is 6.51. The van der Waals surface area contributed by atoms with Gasteiger partial charge in [0.25, 0.3) is 0 Å². The Morgan fingerprint density at radius 2 is 2.11 bits per heavy atom. The molecule has 0 spiro atoms. The third kappa shape index (κ3) is 3.69. The summed E-state index contributed by atoms with van der Waals surface area (Å²) in [6, 6.07) is 0. The Hall–Kier alpha value is -1.63. The van der Waals surface area contributed by atoms with Gasteiger partial charge in [0.05, 0.1) is 18.8 Å². The number of hydrogen-bond donors (Lipinski definition) is 2. The fraction of sp³-hybridized carbons (Fsp3) is 0.545. The lowest BCUT2D eigenvalue weighted by Crippen LogP contribution is -2.29. The number of nitrogens with one attached hydrogen (secondary N) is 2. The molecule has 18 heavy (non-hydrogen) atoms. The van der Waals surface area contributed by atoms with Gasteiger partial charge in [-0.1, -0.05) is 0 Å². The molecule has 0 unspecified atom stereocenters. The maximum atomic E-state index is 11.7. The van der Waals surface area contributed by atoms with E-state index in [0.717, 1.165) is 11.5 Å². The van der Waals surface area contributed by atoms with E-state index >= 15 is 0 Å². The number of ether oxygens (including phenoxy) is 1. The molecule has 0 fully saturated rings. The summed E-state index contributed by atoms with van der Waals surface area (Å²) in [6.07, 6.45) is 0. The Morgan fingerprint density at radius 3 is 2.72 bits per heavy atom. The summed E-state index contributed by atoms with van der Waals surface area (Å²) in [7, 11) is 0. The summed E-state index contributed by atoms with van der Waals surface area (Å²) in [5, 5.41) is 6.13. The summed E-state index contributed by atoms with van der Waals surface area (Å²) >= 11 is 1.15. The number of likely N-dealkylation sites (N-methyl/N-ethyl adjacent to an activating group) is 1. The summed E-state index contributed by atoms with van der Waals surface area (Å²) in [5.41, 5.74) is 1.02. The first-order valence-electron chi connectivity index (χ1n) is 5.74. The minimum Gasteiger partial charge on any atom is -0.462 e. The number of nitrogens with zero attached hydrogens (tertiary/aromatic N) is 1. The highest BCUT2D eigenvalue weighted by atomic mass is 32.1. The lowest BCUT2D eigenvalue weighted by molar-refractivity contribution is -0.119. The minimum absolute atomic E-state index is 0.113. The number of aryl methyl sites for hydroxylation is 1. The van der Waals surface area contributed by atoms with Crippen LogP contribution in [-0.4, -0.2) is 35.9 Å². The quantitative estimate of drug-likeness (QED) is 0.759. The van der Waals surface area contributed by atoms with Crippen LogP contribution in [0.4, 0.5) is 5.00 Å². The molecule has 1 aromatic rings. The van der Waals surface area contributed by atoms with Gasteiger partial charge in [0.15, 0.2) is 0 Å². The summed E-state index contributed by atoms with van der Waals surface area (Å²) in [6.45, 7) is 6.33. The Morgan fingerprint density at radius 1 is 1.39 bits per heavy atom. The summed E-state index contributed by atoms with van der Waals surface area (Å²) < 4.78 is 9.04. The average Bonchev–Trinajstić information content (AvgIpc) is 2.68. The van der Waals surface area contributed by atoms with Crippen LogP contribution < -0.4 is 10.6 Å². The third-order valence-corrected chi connectivity index (χ3v) is 3.02. The molecular formula is C11H17N3O3S. The average molecular weight is 271 g/mol. The molecule has 1 aromatic heterocycles. The van der Waals surface area contributed by atoms with Gasteiger partial charge in [0, 0.05) is 6.54 Å². The molecule has 0 saturated heterocycles. The predicted octanol–water partition coefficient (Wildman–Crippen LogP) is 1.18. The lowest BCUT2D eigenvalue weighted by atomic mass is 10.2. The Balaban J connectivity index is 2.71. The Labute approximate surface area is 110 Å². The summed E-state index contributed by atoms with van der Waals surface area (Å²) in [5.74, 6) is -0.541. The van der Waals surface area contributed by atoms with Gasteiger partial charge in [-0.2, -0.15) is 4.37 Å². The molecule has 0 aliphatic heterocycles.